The average Bonchev–Trinajstić information content (AvgIpc) is 2.81. The molecule has 176 valence electrons. The van der Waals surface area contributed by atoms with E-state index in [4.69, 9.17) is 4.74 Å². The molecule has 0 radical (unpaired) electrons. The number of nitrogens with zero attached hydrogens (tertiary/aromatic N) is 2. The van der Waals surface area contributed by atoms with Crippen molar-refractivity contribution in [3.8, 4) is 11.8 Å². The van der Waals surface area contributed by atoms with Crippen molar-refractivity contribution in [3.05, 3.63) is 36.1 Å². The van der Waals surface area contributed by atoms with E-state index in [1.54, 1.807) is 38.2 Å². The zero-order valence-corrected chi connectivity index (χ0v) is 19.4. The van der Waals surface area contributed by atoms with Gasteiger partial charge >= 0.3 is 0 Å². The van der Waals surface area contributed by atoms with E-state index >= 15 is 0 Å². The smallest absolute Gasteiger partial charge is 0.242 e. The molecule has 1 aliphatic rings. The highest BCUT2D eigenvalue weighted by atomic mass is 16.5. The van der Waals surface area contributed by atoms with Crippen LogP contribution in [0.4, 0.5) is 0 Å². The van der Waals surface area contributed by atoms with Crippen LogP contribution in [0.2, 0.25) is 0 Å². The lowest BCUT2D eigenvalue weighted by Crippen LogP contribution is -2.45. The van der Waals surface area contributed by atoms with Crippen LogP contribution < -0.4 is 10.6 Å². The minimum absolute atomic E-state index is 0.193. The number of piperidine rings is 1. The van der Waals surface area contributed by atoms with Crippen molar-refractivity contribution < 1.29 is 19.1 Å². The van der Waals surface area contributed by atoms with Gasteiger partial charge in [0, 0.05) is 38.8 Å². The molecule has 1 unspecified atom stereocenters. The highest BCUT2D eigenvalue weighted by Crippen LogP contribution is 2.13. The number of hydrogen-bond acceptors (Lipinski definition) is 6. The van der Waals surface area contributed by atoms with Crippen LogP contribution in [0.25, 0.3) is 0 Å². The largest absolute Gasteiger partial charge is 0.365 e. The second kappa shape index (κ2) is 15.8. The standard InChI is InChI=1S/C24H36N4O4/c1-20(9-7-17-32-22-12-14-26-15-13-22)8-5-10-21(18-27(3)19-30)28(4)23(11-6-16-29)24(31)25-2/h5,8,10,16,19,22-23,26H,1,6,11-15,17-18H2,2-4H3,(H,25,31)/b8-5-,21-10+. The van der Waals surface area contributed by atoms with Gasteiger partial charge in [-0.1, -0.05) is 24.5 Å². The summed E-state index contributed by atoms with van der Waals surface area (Å²) < 4.78 is 5.76. The first-order valence-electron chi connectivity index (χ1n) is 10.8. The zero-order valence-electron chi connectivity index (χ0n) is 19.4. The summed E-state index contributed by atoms with van der Waals surface area (Å²) in [5, 5.41) is 5.93. The number of ether oxygens (including phenoxy) is 1. The third-order valence-corrected chi connectivity index (χ3v) is 5.13. The fourth-order valence-corrected chi connectivity index (χ4v) is 3.26. The monoisotopic (exact) mass is 444 g/mol. The molecule has 32 heavy (non-hydrogen) atoms. The van der Waals surface area contributed by atoms with Crippen molar-refractivity contribution in [2.45, 2.75) is 37.8 Å². The van der Waals surface area contributed by atoms with Crippen LogP contribution in [0.5, 0.6) is 0 Å². The van der Waals surface area contributed by atoms with Crippen LogP contribution in [-0.2, 0) is 19.1 Å². The number of nitrogens with one attached hydrogen (secondary N) is 2. The second-order valence-corrected chi connectivity index (χ2v) is 7.61. The predicted molar refractivity (Wildman–Crippen MR) is 126 cm³/mol. The first-order valence-corrected chi connectivity index (χ1v) is 10.8. The van der Waals surface area contributed by atoms with Crippen LogP contribution >= 0.6 is 0 Å². The molecule has 1 atom stereocenters. The van der Waals surface area contributed by atoms with Gasteiger partial charge in [-0.25, -0.2) is 0 Å². The van der Waals surface area contributed by atoms with Crippen LogP contribution in [0.3, 0.4) is 0 Å². The Morgan fingerprint density at radius 3 is 2.66 bits per heavy atom. The van der Waals surface area contributed by atoms with Gasteiger partial charge in [-0.3, -0.25) is 9.59 Å². The maximum Gasteiger partial charge on any atom is 0.242 e. The molecule has 0 saturated carbocycles. The molecular formula is C24H36N4O4. The summed E-state index contributed by atoms with van der Waals surface area (Å²) in [5.41, 5.74) is 1.37. The molecule has 8 heteroatoms. The van der Waals surface area contributed by atoms with E-state index in [0.717, 1.165) is 44.3 Å². The molecule has 1 aliphatic heterocycles. The Hall–Kier alpha value is -2.89. The van der Waals surface area contributed by atoms with Gasteiger partial charge in [0.2, 0.25) is 12.3 Å². The molecule has 8 nitrogen and oxygen atoms in total. The van der Waals surface area contributed by atoms with Crippen molar-refractivity contribution >= 4 is 18.6 Å². The molecular weight excluding hydrogens is 408 g/mol. The van der Waals surface area contributed by atoms with Gasteiger partial charge in [0.1, 0.15) is 18.9 Å². The van der Waals surface area contributed by atoms with Crippen LogP contribution in [0.1, 0.15) is 25.7 Å². The average molecular weight is 445 g/mol. The molecule has 2 amide bonds. The van der Waals surface area contributed by atoms with Gasteiger partial charge in [-0.2, -0.15) is 0 Å². The molecule has 1 rings (SSSR count). The molecule has 0 aromatic heterocycles. The number of hydrogen-bond donors (Lipinski definition) is 2. The molecule has 1 fully saturated rings. The van der Waals surface area contributed by atoms with Gasteiger partial charge in [0.05, 0.1) is 12.6 Å². The fourth-order valence-electron chi connectivity index (χ4n) is 3.26. The fraction of sp³-hybridized carbons (Fsp3) is 0.542. The summed E-state index contributed by atoms with van der Waals surface area (Å²) in [7, 11) is 4.99. The van der Waals surface area contributed by atoms with Crippen molar-refractivity contribution in [2.75, 3.05) is 47.4 Å². The van der Waals surface area contributed by atoms with Gasteiger partial charge in [-0.15, -0.1) is 0 Å². The summed E-state index contributed by atoms with van der Waals surface area (Å²) in [5.74, 6) is 5.76. The maximum atomic E-state index is 12.3. The number of aldehydes is 1. The van der Waals surface area contributed by atoms with Crippen molar-refractivity contribution in [1.29, 1.82) is 0 Å². The summed E-state index contributed by atoms with van der Waals surface area (Å²) in [6, 6.07) is -0.528. The third kappa shape index (κ3) is 10.4. The van der Waals surface area contributed by atoms with Crippen LogP contribution in [0.15, 0.2) is 36.1 Å². The van der Waals surface area contributed by atoms with E-state index in [1.807, 2.05) is 6.08 Å². The minimum atomic E-state index is -0.528. The van der Waals surface area contributed by atoms with Crippen molar-refractivity contribution in [2.24, 2.45) is 0 Å². The highest BCUT2D eigenvalue weighted by molar-refractivity contribution is 5.82. The number of likely N-dealkylation sites (N-methyl/N-ethyl adjacent to an activating group) is 3. The Kier molecular flexibility index (Phi) is 13.4. The van der Waals surface area contributed by atoms with E-state index in [0.29, 0.717) is 25.1 Å². The van der Waals surface area contributed by atoms with E-state index in [2.05, 4.69) is 29.1 Å². The van der Waals surface area contributed by atoms with Crippen LogP contribution in [0, 0.1) is 11.8 Å². The lowest BCUT2D eigenvalue weighted by atomic mass is 10.1. The normalized spacial score (nSPS) is 15.4. The van der Waals surface area contributed by atoms with E-state index < -0.39 is 6.04 Å². The van der Waals surface area contributed by atoms with Gasteiger partial charge in [-0.05, 0) is 44.5 Å². The van der Waals surface area contributed by atoms with Gasteiger partial charge in [0.15, 0.2) is 0 Å². The molecule has 0 bridgehead atoms. The Morgan fingerprint density at radius 1 is 1.31 bits per heavy atom. The first kappa shape index (κ1) is 27.1. The maximum absolute atomic E-state index is 12.3. The Morgan fingerprint density at radius 2 is 2.03 bits per heavy atom. The Bertz CT molecular complexity index is 745. The van der Waals surface area contributed by atoms with E-state index in [-0.39, 0.29) is 18.4 Å². The van der Waals surface area contributed by atoms with Gasteiger partial charge < -0.3 is 30.0 Å². The SMILES string of the molecule is C=C(C#CCOC1CCNCC1)/C=C\C=C(/CN(C)C=O)N(C)C(CCC=O)C(=O)NC. The van der Waals surface area contributed by atoms with E-state index in [9.17, 15) is 14.4 Å². The number of carbonyl (C=O) groups excluding carboxylic acids is 3. The molecule has 0 aromatic rings. The number of amides is 2. The topological polar surface area (TPSA) is 91.0 Å². The van der Waals surface area contributed by atoms with Crippen molar-refractivity contribution in [1.82, 2.24) is 20.4 Å². The lowest BCUT2D eigenvalue weighted by molar-refractivity contribution is -0.125. The first-order chi connectivity index (χ1) is 15.4. The number of rotatable bonds is 13. The summed E-state index contributed by atoms with van der Waals surface area (Å²) in [6.45, 7) is 6.57. The molecule has 0 aliphatic carbocycles. The zero-order chi connectivity index (χ0) is 23.8. The quantitative estimate of drug-likeness (QED) is 0.249. The second-order valence-electron chi connectivity index (χ2n) is 7.61. The number of carbonyl (C=O) groups is 3. The van der Waals surface area contributed by atoms with Gasteiger partial charge in [0.25, 0.3) is 0 Å². The molecule has 2 N–H and O–H groups in total. The molecule has 0 aromatic carbocycles. The summed E-state index contributed by atoms with van der Waals surface area (Å²) in [6.07, 6.45) is 9.79. The highest BCUT2D eigenvalue weighted by Gasteiger charge is 2.23. The lowest BCUT2D eigenvalue weighted by Gasteiger charge is -2.31. The van der Waals surface area contributed by atoms with Crippen molar-refractivity contribution in [3.63, 3.8) is 0 Å². The molecule has 1 heterocycles. The number of allylic oxidation sites excluding steroid dienone is 4. The van der Waals surface area contributed by atoms with E-state index in [1.165, 1.54) is 4.90 Å². The van der Waals surface area contributed by atoms with Crippen LogP contribution in [-0.4, -0.2) is 87.9 Å². The molecule has 1 saturated heterocycles. The third-order valence-electron chi connectivity index (χ3n) is 5.13. The Balaban J connectivity index is 2.80. The predicted octanol–water partition coefficient (Wildman–Crippen LogP) is 0.868. The Labute approximate surface area is 191 Å². The minimum Gasteiger partial charge on any atom is -0.365 e. The summed E-state index contributed by atoms with van der Waals surface area (Å²) in [4.78, 5) is 37.5. The summed E-state index contributed by atoms with van der Waals surface area (Å²) >= 11 is 0. The molecule has 0 spiro atoms.